The molecule has 0 radical (unpaired) electrons. The second-order valence-electron chi connectivity index (χ2n) is 5.57. The van der Waals surface area contributed by atoms with E-state index in [0.29, 0.717) is 4.88 Å². The van der Waals surface area contributed by atoms with E-state index < -0.39 is 28.0 Å². The highest BCUT2D eigenvalue weighted by atomic mass is 32.2. The molecule has 21 heavy (non-hydrogen) atoms. The molecule has 112 valence electrons. The highest BCUT2D eigenvalue weighted by Crippen LogP contribution is 2.49. The number of nitrogens with zero attached hydrogens (tertiary/aromatic N) is 1. The Morgan fingerprint density at radius 3 is 2.71 bits per heavy atom. The predicted molar refractivity (Wildman–Crippen MR) is 75.1 cm³/mol. The van der Waals surface area contributed by atoms with Crippen molar-refractivity contribution in [2.45, 2.75) is 29.5 Å². The van der Waals surface area contributed by atoms with Gasteiger partial charge in [-0.2, -0.15) is 5.26 Å². The van der Waals surface area contributed by atoms with Crippen molar-refractivity contribution < 1.29 is 18.3 Å². The first-order chi connectivity index (χ1) is 9.92. The number of aliphatic carboxylic acids is 1. The molecule has 4 unspecified atom stereocenters. The van der Waals surface area contributed by atoms with Crippen molar-refractivity contribution in [1.29, 1.82) is 5.26 Å². The Labute approximate surface area is 126 Å². The lowest BCUT2D eigenvalue weighted by Crippen LogP contribution is -2.46. The number of carboxylic acid groups (broad SMARTS) is 1. The molecule has 1 aromatic rings. The van der Waals surface area contributed by atoms with E-state index in [1.54, 1.807) is 0 Å². The Hall–Kier alpha value is -1.43. The summed E-state index contributed by atoms with van der Waals surface area (Å²) in [6.45, 7) is 0. The maximum atomic E-state index is 12.4. The van der Waals surface area contributed by atoms with Crippen LogP contribution in [0.15, 0.2) is 16.3 Å². The fourth-order valence-electron chi connectivity index (χ4n) is 3.58. The zero-order valence-corrected chi connectivity index (χ0v) is 12.7. The second-order valence-corrected chi connectivity index (χ2v) is 8.60. The SMILES string of the molecule is N#Cc1ccc(S(=O)(=O)NC2C3CCC(C3)C2C(=O)O)s1. The standard InChI is InChI=1S/C13H14N2O4S2/c14-6-9-3-4-10(20-9)21(18,19)15-12-8-2-1-7(5-8)11(12)13(16)17/h3-4,7-8,11-12,15H,1-2,5H2,(H,16,17). The zero-order chi connectivity index (χ0) is 15.2. The molecule has 3 rings (SSSR count). The maximum Gasteiger partial charge on any atom is 0.308 e. The largest absolute Gasteiger partial charge is 0.481 e. The summed E-state index contributed by atoms with van der Waals surface area (Å²) >= 11 is 0.894. The van der Waals surface area contributed by atoms with Crippen LogP contribution in [-0.2, 0) is 14.8 Å². The van der Waals surface area contributed by atoms with Gasteiger partial charge in [-0.05, 0) is 43.2 Å². The molecule has 4 atom stereocenters. The number of nitriles is 1. The van der Waals surface area contributed by atoms with Crippen LogP contribution in [0.5, 0.6) is 0 Å². The lowest BCUT2D eigenvalue weighted by atomic mass is 9.85. The van der Waals surface area contributed by atoms with Gasteiger partial charge < -0.3 is 5.11 Å². The van der Waals surface area contributed by atoms with Crippen molar-refractivity contribution in [3.05, 3.63) is 17.0 Å². The van der Waals surface area contributed by atoms with Crippen molar-refractivity contribution >= 4 is 27.3 Å². The molecular weight excluding hydrogens is 312 g/mol. The minimum atomic E-state index is -3.77. The number of hydrogen-bond donors (Lipinski definition) is 2. The monoisotopic (exact) mass is 326 g/mol. The minimum Gasteiger partial charge on any atom is -0.481 e. The van der Waals surface area contributed by atoms with Crippen LogP contribution in [0, 0.1) is 29.1 Å². The maximum absolute atomic E-state index is 12.4. The number of rotatable bonds is 4. The summed E-state index contributed by atoms with van der Waals surface area (Å²) in [6, 6.07) is 4.19. The summed E-state index contributed by atoms with van der Waals surface area (Å²) in [5, 5.41) is 18.1. The van der Waals surface area contributed by atoms with Gasteiger partial charge in [-0.3, -0.25) is 4.79 Å². The van der Waals surface area contributed by atoms with Crippen molar-refractivity contribution in [2.24, 2.45) is 17.8 Å². The molecule has 2 N–H and O–H groups in total. The van der Waals surface area contributed by atoms with Gasteiger partial charge in [-0.15, -0.1) is 11.3 Å². The molecule has 2 aliphatic carbocycles. The molecule has 2 saturated carbocycles. The van der Waals surface area contributed by atoms with Gasteiger partial charge in [0.1, 0.15) is 15.2 Å². The molecule has 2 fully saturated rings. The van der Waals surface area contributed by atoms with E-state index in [-0.39, 0.29) is 16.0 Å². The van der Waals surface area contributed by atoms with Gasteiger partial charge in [-0.1, -0.05) is 0 Å². The number of hydrogen-bond acceptors (Lipinski definition) is 5. The second kappa shape index (κ2) is 5.09. The fraction of sp³-hybridized carbons (Fsp3) is 0.538. The molecule has 0 amide bonds. The number of carboxylic acids is 1. The molecule has 2 aliphatic rings. The summed E-state index contributed by atoms with van der Waals surface area (Å²) < 4.78 is 27.3. The van der Waals surface area contributed by atoms with E-state index in [4.69, 9.17) is 5.26 Å². The predicted octanol–water partition coefficient (Wildman–Crippen LogP) is 1.40. The molecule has 0 spiro atoms. The average Bonchev–Trinajstić information content (AvgIpc) is 3.13. The van der Waals surface area contributed by atoms with Crippen molar-refractivity contribution in [2.75, 3.05) is 0 Å². The minimum absolute atomic E-state index is 0.0611. The lowest BCUT2D eigenvalue weighted by Gasteiger charge is -2.28. The van der Waals surface area contributed by atoms with Gasteiger partial charge in [-0.25, -0.2) is 13.1 Å². The van der Waals surface area contributed by atoms with E-state index >= 15 is 0 Å². The quantitative estimate of drug-likeness (QED) is 0.869. The Balaban J connectivity index is 1.85. The van der Waals surface area contributed by atoms with Gasteiger partial charge in [0, 0.05) is 6.04 Å². The Morgan fingerprint density at radius 1 is 1.38 bits per heavy atom. The topological polar surface area (TPSA) is 107 Å². The molecule has 6 nitrogen and oxygen atoms in total. The lowest BCUT2D eigenvalue weighted by molar-refractivity contribution is -0.144. The molecule has 8 heteroatoms. The van der Waals surface area contributed by atoms with E-state index in [0.717, 1.165) is 30.6 Å². The van der Waals surface area contributed by atoms with Crippen molar-refractivity contribution in [3.63, 3.8) is 0 Å². The number of fused-ring (bicyclic) bond motifs is 2. The van der Waals surface area contributed by atoms with Crippen LogP contribution in [0.4, 0.5) is 0 Å². The van der Waals surface area contributed by atoms with E-state index in [9.17, 15) is 18.3 Å². The third-order valence-corrected chi connectivity index (χ3v) is 7.39. The average molecular weight is 326 g/mol. The van der Waals surface area contributed by atoms with E-state index in [1.165, 1.54) is 12.1 Å². The summed E-state index contributed by atoms with van der Waals surface area (Å²) in [5.74, 6) is -1.41. The number of sulfonamides is 1. The summed E-state index contributed by atoms with van der Waals surface area (Å²) in [4.78, 5) is 11.7. The van der Waals surface area contributed by atoms with Gasteiger partial charge in [0.15, 0.2) is 0 Å². The highest BCUT2D eigenvalue weighted by molar-refractivity contribution is 7.91. The number of nitrogens with one attached hydrogen (secondary N) is 1. The molecule has 2 bridgehead atoms. The molecule has 1 aromatic heterocycles. The smallest absolute Gasteiger partial charge is 0.308 e. The Kier molecular flexibility index (Phi) is 3.51. The van der Waals surface area contributed by atoms with Crippen LogP contribution in [0.25, 0.3) is 0 Å². The molecule has 0 saturated heterocycles. The summed E-state index contributed by atoms with van der Waals surface area (Å²) in [6.07, 6.45) is 2.50. The third kappa shape index (κ3) is 2.46. The van der Waals surface area contributed by atoms with Crippen LogP contribution in [0.1, 0.15) is 24.1 Å². The Morgan fingerprint density at radius 2 is 2.10 bits per heavy atom. The number of thiophene rings is 1. The first-order valence-corrected chi connectivity index (χ1v) is 8.97. The van der Waals surface area contributed by atoms with Crippen LogP contribution >= 0.6 is 11.3 Å². The number of carbonyl (C=O) groups is 1. The first kappa shape index (κ1) is 14.5. The fourth-order valence-corrected chi connectivity index (χ4v) is 6.03. The Bertz CT molecular complexity index is 719. The molecular formula is C13H14N2O4S2. The van der Waals surface area contributed by atoms with Crippen molar-refractivity contribution in [3.8, 4) is 6.07 Å². The van der Waals surface area contributed by atoms with E-state index in [2.05, 4.69) is 4.72 Å². The highest BCUT2D eigenvalue weighted by Gasteiger charge is 2.52. The van der Waals surface area contributed by atoms with Crippen LogP contribution in [-0.4, -0.2) is 25.5 Å². The van der Waals surface area contributed by atoms with Gasteiger partial charge in [0.25, 0.3) is 0 Å². The molecule has 0 aliphatic heterocycles. The van der Waals surface area contributed by atoms with Crippen LogP contribution < -0.4 is 4.72 Å². The first-order valence-electron chi connectivity index (χ1n) is 6.67. The summed E-state index contributed by atoms with van der Waals surface area (Å²) in [5.41, 5.74) is 0. The third-order valence-electron chi connectivity index (χ3n) is 4.45. The van der Waals surface area contributed by atoms with Gasteiger partial charge in [0.05, 0.1) is 5.92 Å². The van der Waals surface area contributed by atoms with E-state index in [1.807, 2.05) is 6.07 Å². The summed E-state index contributed by atoms with van der Waals surface area (Å²) in [7, 11) is -3.77. The van der Waals surface area contributed by atoms with Crippen LogP contribution in [0.3, 0.4) is 0 Å². The van der Waals surface area contributed by atoms with Crippen molar-refractivity contribution in [1.82, 2.24) is 4.72 Å². The molecule has 1 heterocycles. The van der Waals surface area contributed by atoms with Gasteiger partial charge in [0.2, 0.25) is 10.0 Å². The zero-order valence-electron chi connectivity index (χ0n) is 11.0. The van der Waals surface area contributed by atoms with Crippen LogP contribution in [0.2, 0.25) is 0 Å². The normalized spacial score (nSPS) is 31.2. The van der Waals surface area contributed by atoms with Gasteiger partial charge >= 0.3 is 5.97 Å². The molecule has 0 aromatic carbocycles.